The Morgan fingerprint density at radius 3 is 2.50 bits per heavy atom. The molecule has 4 nitrogen and oxygen atoms in total. The number of carbonyl (C=O) groups is 1. The van der Waals surface area contributed by atoms with E-state index < -0.39 is 0 Å². The van der Waals surface area contributed by atoms with E-state index in [4.69, 9.17) is 5.73 Å². The fourth-order valence-electron chi connectivity index (χ4n) is 2.06. The molecule has 0 aliphatic heterocycles. The molecule has 118 valence electrons. The van der Waals surface area contributed by atoms with Crippen LogP contribution >= 0.6 is 11.8 Å². The summed E-state index contributed by atoms with van der Waals surface area (Å²) >= 11 is 1.34. The molecule has 0 unspecified atom stereocenters. The van der Waals surface area contributed by atoms with Crippen molar-refractivity contribution in [3.8, 4) is 11.3 Å². The van der Waals surface area contributed by atoms with Crippen molar-refractivity contribution in [3.63, 3.8) is 0 Å². The normalized spacial score (nSPS) is 12.6. The fraction of sp³-hybridized carbons (Fsp3) is 0.375. The maximum absolute atomic E-state index is 13.1. The minimum absolute atomic E-state index is 0.268. The van der Waals surface area contributed by atoms with Crippen LogP contribution in [0.2, 0.25) is 0 Å². The fourth-order valence-corrected chi connectivity index (χ4v) is 2.91. The van der Waals surface area contributed by atoms with E-state index >= 15 is 0 Å². The minimum atomic E-state index is -0.368. The Hall–Kier alpha value is -1.82. The maximum Gasteiger partial charge on any atom is 0.230 e. The smallest absolute Gasteiger partial charge is 0.230 e. The summed E-state index contributed by atoms with van der Waals surface area (Å²) in [5.74, 6) is -0.223. The third-order valence-electron chi connectivity index (χ3n) is 3.19. The Bertz CT molecular complexity index is 652. The molecule has 2 aromatic rings. The van der Waals surface area contributed by atoms with Crippen LogP contribution in [-0.4, -0.2) is 20.7 Å². The van der Waals surface area contributed by atoms with Crippen LogP contribution in [-0.2, 0) is 11.3 Å². The number of nitrogens with zero attached hydrogens (tertiary/aromatic N) is 2. The molecular weight excluding hydrogens is 301 g/mol. The van der Waals surface area contributed by atoms with Crippen molar-refractivity contribution in [3.05, 3.63) is 36.3 Å². The highest BCUT2D eigenvalue weighted by atomic mass is 32.2. The number of benzene rings is 1. The van der Waals surface area contributed by atoms with Gasteiger partial charge in [-0.25, -0.2) is 9.37 Å². The molecule has 22 heavy (non-hydrogen) atoms. The number of amides is 1. The first-order chi connectivity index (χ1) is 10.4. The summed E-state index contributed by atoms with van der Waals surface area (Å²) in [6.45, 7) is 6.75. The molecule has 2 N–H and O–H groups in total. The average molecular weight is 321 g/mol. The van der Waals surface area contributed by atoms with Gasteiger partial charge in [0.2, 0.25) is 5.91 Å². The SMILES string of the molecule is CC(C)Cn1c(-c2ccc(F)cc2)cnc1S[C@@H](C)C(N)=O. The van der Waals surface area contributed by atoms with Gasteiger partial charge < -0.3 is 10.3 Å². The zero-order valence-electron chi connectivity index (χ0n) is 12.9. The van der Waals surface area contributed by atoms with Gasteiger partial charge in [-0.15, -0.1) is 0 Å². The van der Waals surface area contributed by atoms with Crippen LogP contribution in [0.5, 0.6) is 0 Å². The Kier molecular flexibility index (Phi) is 5.24. The molecule has 0 saturated heterocycles. The van der Waals surface area contributed by atoms with E-state index in [0.29, 0.717) is 5.92 Å². The van der Waals surface area contributed by atoms with Crippen LogP contribution in [0, 0.1) is 11.7 Å². The molecular formula is C16H20FN3OS. The predicted molar refractivity (Wildman–Crippen MR) is 87.0 cm³/mol. The van der Waals surface area contributed by atoms with Gasteiger partial charge in [0.25, 0.3) is 0 Å². The second-order valence-corrected chi connectivity index (χ2v) is 6.91. The highest BCUT2D eigenvalue weighted by Crippen LogP contribution is 2.29. The molecule has 1 heterocycles. The monoisotopic (exact) mass is 321 g/mol. The molecule has 0 aliphatic carbocycles. The first-order valence-corrected chi connectivity index (χ1v) is 8.04. The molecule has 2 rings (SSSR count). The first-order valence-electron chi connectivity index (χ1n) is 7.16. The first kappa shape index (κ1) is 16.5. The maximum atomic E-state index is 13.1. The molecule has 0 radical (unpaired) electrons. The van der Waals surface area contributed by atoms with Crippen molar-refractivity contribution in [1.82, 2.24) is 9.55 Å². The third-order valence-corrected chi connectivity index (χ3v) is 4.31. The number of aromatic nitrogens is 2. The number of primary amides is 1. The minimum Gasteiger partial charge on any atom is -0.369 e. The summed E-state index contributed by atoms with van der Waals surface area (Å²) < 4.78 is 15.2. The molecule has 1 aromatic carbocycles. The zero-order chi connectivity index (χ0) is 16.3. The van der Waals surface area contributed by atoms with Gasteiger partial charge in [-0.1, -0.05) is 25.6 Å². The highest BCUT2D eigenvalue weighted by Gasteiger charge is 2.18. The molecule has 6 heteroatoms. The van der Waals surface area contributed by atoms with Crippen LogP contribution in [0.4, 0.5) is 4.39 Å². The summed E-state index contributed by atoms with van der Waals surface area (Å²) in [5, 5.41) is 0.397. The van der Waals surface area contributed by atoms with Crippen LogP contribution in [0.25, 0.3) is 11.3 Å². The Balaban J connectivity index is 2.39. The number of rotatable bonds is 6. The molecule has 1 aromatic heterocycles. The standard InChI is InChI=1S/C16H20FN3OS/c1-10(2)9-20-14(12-4-6-13(17)7-5-12)8-19-16(20)22-11(3)15(18)21/h4-8,10-11H,9H2,1-3H3,(H2,18,21)/t11-/m0/s1. The largest absolute Gasteiger partial charge is 0.369 e. The predicted octanol–water partition coefficient (Wildman–Crippen LogP) is 3.31. The van der Waals surface area contributed by atoms with Crippen LogP contribution in [0.1, 0.15) is 20.8 Å². The molecule has 0 spiro atoms. The van der Waals surface area contributed by atoms with Crippen molar-refractivity contribution >= 4 is 17.7 Å². The van der Waals surface area contributed by atoms with E-state index in [0.717, 1.165) is 23.0 Å². The van der Waals surface area contributed by atoms with Gasteiger partial charge in [-0.2, -0.15) is 0 Å². The topological polar surface area (TPSA) is 60.9 Å². The van der Waals surface area contributed by atoms with E-state index in [1.165, 1.54) is 23.9 Å². The van der Waals surface area contributed by atoms with Crippen molar-refractivity contribution in [2.24, 2.45) is 11.7 Å². The molecule has 0 bridgehead atoms. The van der Waals surface area contributed by atoms with E-state index in [2.05, 4.69) is 23.4 Å². The second-order valence-electron chi connectivity index (χ2n) is 5.60. The van der Waals surface area contributed by atoms with Crippen LogP contribution in [0.15, 0.2) is 35.6 Å². The van der Waals surface area contributed by atoms with Gasteiger partial charge >= 0.3 is 0 Å². The lowest BCUT2D eigenvalue weighted by molar-refractivity contribution is -0.117. The lowest BCUT2D eigenvalue weighted by Gasteiger charge is -2.15. The number of thioether (sulfide) groups is 1. The van der Waals surface area contributed by atoms with Crippen LogP contribution in [0.3, 0.4) is 0 Å². The average Bonchev–Trinajstić information content (AvgIpc) is 2.82. The van der Waals surface area contributed by atoms with Gasteiger partial charge in [-0.05, 0) is 42.7 Å². The quantitative estimate of drug-likeness (QED) is 0.830. The van der Waals surface area contributed by atoms with E-state index in [1.807, 2.05) is 0 Å². The van der Waals surface area contributed by atoms with Crippen molar-refractivity contribution in [1.29, 1.82) is 0 Å². The van der Waals surface area contributed by atoms with E-state index in [1.54, 1.807) is 25.3 Å². The van der Waals surface area contributed by atoms with Crippen LogP contribution < -0.4 is 5.73 Å². The number of carbonyl (C=O) groups excluding carboxylic acids is 1. The van der Waals surface area contributed by atoms with Crippen molar-refractivity contribution in [2.45, 2.75) is 37.7 Å². The summed E-state index contributed by atoms with van der Waals surface area (Å²) in [5.41, 5.74) is 7.14. The van der Waals surface area contributed by atoms with Gasteiger partial charge in [-0.3, -0.25) is 4.79 Å². The van der Waals surface area contributed by atoms with Crippen molar-refractivity contribution in [2.75, 3.05) is 0 Å². The number of halogens is 1. The molecule has 0 aliphatic rings. The van der Waals surface area contributed by atoms with Gasteiger partial charge in [0, 0.05) is 6.54 Å². The van der Waals surface area contributed by atoms with Gasteiger partial charge in [0.05, 0.1) is 17.1 Å². The molecule has 1 amide bonds. The Morgan fingerprint density at radius 1 is 1.32 bits per heavy atom. The number of hydrogen-bond donors (Lipinski definition) is 1. The van der Waals surface area contributed by atoms with Gasteiger partial charge in [0.1, 0.15) is 5.82 Å². The highest BCUT2D eigenvalue weighted by molar-refractivity contribution is 8.00. The lowest BCUT2D eigenvalue weighted by atomic mass is 10.1. The number of hydrogen-bond acceptors (Lipinski definition) is 3. The Labute approximate surface area is 133 Å². The second kappa shape index (κ2) is 6.96. The summed E-state index contributed by atoms with van der Waals surface area (Å²) in [7, 11) is 0. The molecule has 0 saturated carbocycles. The lowest BCUT2D eigenvalue weighted by Crippen LogP contribution is -2.23. The van der Waals surface area contributed by atoms with Gasteiger partial charge in [0.15, 0.2) is 5.16 Å². The third kappa shape index (κ3) is 3.88. The zero-order valence-corrected chi connectivity index (χ0v) is 13.7. The number of nitrogens with two attached hydrogens (primary N) is 1. The summed E-state index contributed by atoms with van der Waals surface area (Å²) in [6.07, 6.45) is 1.76. The molecule has 1 atom stereocenters. The van der Waals surface area contributed by atoms with Crippen molar-refractivity contribution < 1.29 is 9.18 Å². The van der Waals surface area contributed by atoms with E-state index in [-0.39, 0.29) is 17.0 Å². The Morgan fingerprint density at radius 2 is 1.95 bits per heavy atom. The summed E-state index contributed by atoms with van der Waals surface area (Å²) in [4.78, 5) is 15.7. The van der Waals surface area contributed by atoms with E-state index in [9.17, 15) is 9.18 Å². The number of imidazole rings is 1. The summed E-state index contributed by atoms with van der Waals surface area (Å²) in [6, 6.07) is 6.33. The molecule has 0 fully saturated rings.